The van der Waals surface area contributed by atoms with Gasteiger partial charge in [-0.1, -0.05) is 6.92 Å². The van der Waals surface area contributed by atoms with Crippen LogP contribution in [0.1, 0.15) is 6.92 Å². The van der Waals surface area contributed by atoms with Gasteiger partial charge in [0.2, 0.25) is 0 Å². The van der Waals surface area contributed by atoms with Crippen molar-refractivity contribution < 1.29 is 9.53 Å². The van der Waals surface area contributed by atoms with Crippen molar-refractivity contribution in [3.63, 3.8) is 0 Å². The fourth-order valence-electron chi connectivity index (χ4n) is 0.729. The van der Waals surface area contributed by atoms with Gasteiger partial charge in [-0.15, -0.1) is 0 Å². The lowest BCUT2D eigenvalue weighted by molar-refractivity contribution is -0.141. The molecular weight excluding hydrogens is 174 g/mol. The summed E-state index contributed by atoms with van der Waals surface area (Å²) in [5.41, 5.74) is 0. The van der Waals surface area contributed by atoms with Gasteiger partial charge in [-0.2, -0.15) is 11.8 Å². The highest BCUT2D eigenvalue weighted by Gasteiger charge is 2.04. The molecule has 0 N–H and O–H groups in total. The highest BCUT2D eigenvalue weighted by molar-refractivity contribution is 7.99. The number of rotatable bonds is 6. The summed E-state index contributed by atoms with van der Waals surface area (Å²) in [6.07, 6.45) is 0. The topological polar surface area (TPSA) is 29.5 Å². The van der Waals surface area contributed by atoms with E-state index in [-0.39, 0.29) is 5.97 Å². The molecule has 0 rings (SSSR count). The maximum atomic E-state index is 10.8. The fraction of sp³-hybridized carbons (Fsp3) is 0.875. The molecule has 0 saturated carbocycles. The van der Waals surface area contributed by atoms with Crippen LogP contribution in [0.2, 0.25) is 0 Å². The van der Waals surface area contributed by atoms with Crippen LogP contribution >= 0.6 is 11.8 Å². The lowest BCUT2D eigenvalue weighted by Crippen LogP contribution is -2.28. The summed E-state index contributed by atoms with van der Waals surface area (Å²) in [4.78, 5) is 12.8. The van der Waals surface area contributed by atoms with Gasteiger partial charge in [0, 0.05) is 12.3 Å². The monoisotopic (exact) mass is 191 g/mol. The summed E-state index contributed by atoms with van der Waals surface area (Å²) in [6, 6.07) is 0. The summed E-state index contributed by atoms with van der Waals surface area (Å²) in [5.74, 6) is 2.04. The minimum Gasteiger partial charge on any atom is -0.468 e. The Balaban J connectivity index is 3.32. The molecule has 12 heavy (non-hydrogen) atoms. The first-order valence-corrected chi connectivity index (χ1v) is 5.19. The van der Waals surface area contributed by atoms with Crippen LogP contribution in [0.4, 0.5) is 0 Å². The van der Waals surface area contributed by atoms with Crippen molar-refractivity contribution in [1.82, 2.24) is 4.90 Å². The Kier molecular flexibility index (Phi) is 7.29. The molecular formula is C8H17NO2S. The van der Waals surface area contributed by atoms with Crippen LogP contribution in [-0.4, -0.2) is 49.6 Å². The van der Waals surface area contributed by atoms with Crippen molar-refractivity contribution in [2.75, 3.05) is 38.8 Å². The maximum Gasteiger partial charge on any atom is 0.319 e. The number of methoxy groups -OCH3 is 1. The van der Waals surface area contributed by atoms with Gasteiger partial charge in [0.05, 0.1) is 13.7 Å². The van der Waals surface area contributed by atoms with E-state index < -0.39 is 0 Å². The van der Waals surface area contributed by atoms with Crippen LogP contribution in [0, 0.1) is 0 Å². The van der Waals surface area contributed by atoms with Crippen LogP contribution in [0.3, 0.4) is 0 Å². The van der Waals surface area contributed by atoms with E-state index in [9.17, 15) is 4.79 Å². The minimum atomic E-state index is -0.168. The van der Waals surface area contributed by atoms with Crippen LogP contribution < -0.4 is 0 Å². The van der Waals surface area contributed by atoms with Crippen LogP contribution in [0.25, 0.3) is 0 Å². The quantitative estimate of drug-likeness (QED) is 0.460. The first-order valence-electron chi connectivity index (χ1n) is 4.03. The Bertz CT molecular complexity index is 130. The van der Waals surface area contributed by atoms with Gasteiger partial charge in [0.25, 0.3) is 0 Å². The Labute approximate surface area is 78.5 Å². The van der Waals surface area contributed by atoms with Gasteiger partial charge in [-0.3, -0.25) is 9.69 Å². The predicted molar refractivity (Wildman–Crippen MR) is 52.5 cm³/mol. The van der Waals surface area contributed by atoms with E-state index in [4.69, 9.17) is 0 Å². The summed E-state index contributed by atoms with van der Waals surface area (Å²) in [5, 5.41) is 0. The van der Waals surface area contributed by atoms with Gasteiger partial charge >= 0.3 is 5.97 Å². The standard InChI is InChI=1S/C8H17NO2S/c1-4-12-6-5-9(2)7-8(10)11-3/h4-7H2,1-3H3. The second-order valence-corrected chi connectivity index (χ2v) is 3.90. The zero-order chi connectivity index (χ0) is 9.40. The normalized spacial score (nSPS) is 10.3. The molecule has 0 aromatic rings. The number of thioether (sulfide) groups is 1. The molecule has 0 aliphatic carbocycles. The summed E-state index contributed by atoms with van der Waals surface area (Å²) >= 11 is 1.88. The molecule has 0 amide bonds. The summed E-state index contributed by atoms with van der Waals surface area (Å²) < 4.78 is 4.54. The third-order valence-corrected chi connectivity index (χ3v) is 2.33. The van der Waals surface area contributed by atoms with Gasteiger partial charge in [0.1, 0.15) is 0 Å². The zero-order valence-electron chi connectivity index (χ0n) is 8.00. The third kappa shape index (κ3) is 6.49. The second-order valence-electron chi connectivity index (χ2n) is 2.51. The van der Waals surface area contributed by atoms with Crippen LogP contribution in [-0.2, 0) is 9.53 Å². The molecule has 0 saturated heterocycles. The van der Waals surface area contributed by atoms with Crippen molar-refractivity contribution in [2.45, 2.75) is 6.92 Å². The molecule has 0 aliphatic heterocycles. The van der Waals surface area contributed by atoms with E-state index >= 15 is 0 Å². The number of hydrogen-bond donors (Lipinski definition) is 0. The molecule has 0 bridgehead atoms. The highest BCUT2D eigenvalue weighted by atomic mass is 32.2. The highest BCUT2D eigenvalue weighted by Crippen LogP contribution is 1.98. The Hall–Kier alpha value is -0.220. The number of nitrogens with zero attached hydrogens (tertiary/aromatic N) is 1. The molecule has 0 heterocycles. The minimum absolute atomic E-state index is 0.168. The third-order valence-electron chi connectivity index (χ3n) is 1.45. The number of hydrogen-bond acceptors (Lipinski definition) is 4. The van der Waals surface area contributed by atoms with Crippen LogP contribution in [0.5, 0.6) is 0 Å². The van der Waals surface area contributed by atoms with E-state index in [0.29, 0.717) is 6.54 Å². The molecule has 0 radical (unpaired) electrons. The molecule has 0 aromatic heterocycles. The molecule has 0 aromatic carbocycles. The first kappa shape index (κ1) is 11.8. The van der Waals surface area contributed by atoms with E-state index in [0.717, 1.165) is 18.1 Å². The smallest absolute Gasteiger partial charge is 0.319 e. The second kappa shape index (κ2) is 7.43. The number of ether oxygens (including phenoxy) is 1. The van der Waals surface area contributed by atoms with Crippen molar-refractivity contribution >= 4 is 17.7 Å². The van der Waals surface area contributed by atoms with E-state index in [1.807, 2.05) is 23.7 Å². The maximum absolute atomic E-state index is 10.8. The molecule has 0 spiro atoms. The number of carbonyl (C=O) groups excluding carboxylic acids is 1. The first-order chi connectivity index (χ1) is 5.70. The molecule has 4 heteroatoms. The van der Waals surface area contributed by atoms with E-state index in [1.54, 1.807) is 0 Å². The van der Waals surface area contributed by atoms with Crippen molar-refractivity contribution in [3.05, 3.63) is 0 Å². The number of likely N-dealkylation sites (N-methyl/N-ethyl adjacent to an activating group) is 1. The van der Waals surface area contributed by atoms with Crippen molar-refractivity contribution in [1.29, 1.82) is 0 Å². The largest absolute Gasteiger partial charge is 0.468 e. The summed E-state index contributed by atoms with van der Waals surface area (Å²) in [6.45, 7) is 3.46. The lowest BCUT2D eigenvalue weighted by atomic mass is 10.5. The van der Waals surface area contributed by atoms with Gasteiger partial charge in [-0.05, 0) is 12.8 Å². The number of carbonyl (C=O) groups is 1. The lowest BCUT2D eigenvalue weighted by Gasteiger charge is -2.13. The van der Waals surface area contributed by atoms with Crippen molar-refractivity contribution in [2.24, 2.45) is 0 Å². The molecule has 0 atom stereocenters. The Morgan fingerprint density at radius 1 is 1.58 bits per heavy atom. The fourth-order valence-corrected chi connectivity index (χ4v) is 1.46. The average molecular weight is 191 g/mol. The molecule has 0 fully saturated rings. The average Bonchev–Trinajstić information content (AvgIpc) is 2.05. The molecule has 0 aliphatic rings. The van der Waals surface area contributed by atoms with Crippen molar-refractivity contribution in [3.8, 4) is 0 Å². The van der Waals surface area contributed by atoms with Crippen LogP contribution in [0.15, 0.2) is 0 Å². The van der Waals surface area contributed by atoms with Gasteiger partial charge in [0.15, 0.2) is 0 Å². The molecule has 0 unspecified atom stereocenters. The Morgan fingerprint density at radius 3 is 2.75 bits per heavy atom. The van der Waals surface area contributed by atoms with Gasteiger partial charge in [-0.25, -0.2) is 0 Å². The predicted octanol–water partition coefficient (Wildman–Crippen LogP) is 0.844. The Morgan fingerprint density at radius 2 is 2.25 bits per heavy atom. The summed E-state index contributed by atoms with van der Waals surface area (Å²) in [7, 11) is 3.34. The zero-order valence-corrected chi connectivity index (χ0v) is 8.82. The molecule has 72 valence electrons. The number of esters is 1. The SMILES string of the molecule is CCSCCN(C)CC(=O)OC. The van der Waals surface area contributed by atoms with E-state index in [1.165, 1.54) is 7.11 Å². The van der Waals surface area contributed by atoms with Gasteiger partial charge < -0.3 is 4.74 Å². The van der Waals surface area contributed by atoms with E-state index in [2.05, 4.69) is 11.7 Å². The molecule has 3 nitrogen and oxygen atoms in total.